The molecule has 2 aromatic rings. The molecule has 0 spiro atoms. The van der Waals surface area contributed by atoms with E-state index in [4.69, 9.17) is 5.26 Å². The van der Waals surface area contributed by atoms with Gasteiger partial charge in [-0.05, 0) is 41.2 Å². The number of hydrogen-bond acceptors (Lipinski definition) is 4. The number of amides is 2. The summed E-state index contributed by atoms with van der Waals surface area (Å²) < 4.78 is 41.8. The smallest absolute Gasteiger partial charge is 0.345 e. The van der Waals surface area contributed by atoms with Crippen LogP contribution >= 0.6 is 0 Å². The van der Waals surface area contributed by atoms with E-state index < -0.39 is 24.2 Å². The zero-order valence-corrected chi connectivity index (χ0v) is 19.6. The molecular formula is C25H29F3N4O2. The van der Waals surface area contributed by atoms with Crippen molar-refractivity contribution < 1.29 is 22.8 Å². The van der Waals surface area contributed by atoms with Crippen LogP contribution in [-0.2, 0) is 4.79 Å². The van der Waals surface area contributed by atoms with Crippen molar-refractivity contribution in [2.24, 2.45) is 5.92 Å². The maximum absolute atomic E-state index is 13.9. The summed E-state index contributed by atoms with van der Waals surface area (Å²) in [5.41, 5.74) is 1.93. The first-order valence-electron chi connectivity index (χ1n) is 10.8. The van der Waals surface area contributed by atoms with Gasteiger partial charge in [-0.3, -0.25) is 14.9 Å². The molecule has 0 saturated heterocycles. The van der Waals surface area contributed by atoms with Crippen molar-refractivity contribution in [1.82, 2.24) is 15.5 Å². The van der Waals surface area contributed by atoms with E-state index in [-0.39, 0.29) is 30.4 Å². The number of carbonyl (C=O) groups is 2. The SMILES string of the molecule is CC(C)C[C@H](NC(c1ccc(-c2ccc(C(=O)N(C)C)cc2)cc1)C(F)(F)F)C(=O)NCC#N. The monoisotopic (exact) mass is 474 g/mol. The molecule has 2 amide bonds. The summed E-state index contributed by atoms with van der Waals surface area (Å²) in [7, 11) is 3.30. The van der Waals surface area contributed by atoms with Crippen LogP contribution in [0.5, 0.6) is 0 Å². The van der Waals surface area contributed by atoms with Crippen LogP contribution in [0.4, 0.5) is 13.2 Å². The molecule has 6 nitrogen and oxygen atoms in total. The minimum atomic E-state index is -4.64. The van der Waals surface area contributed by atoms with Crippen molar-refractivity contribution >= 4 is 11.8 Å². The van der Waals surface area contributed by atoms with E-state index in [1.165, 1.54) is 17.0 Å². The minimum Gasteiger partial charge on any atom is -0.345 e. The molecule has 0 fully saturated rings. The van der Waals surface area contributed by atoms with E-state index in [1.807, 2.05) is 0 Å². The molecule has 0 aliphatic rings. The van der Waals surface area contributed by atoms with Gasteiger partial charge in [0, 0.05) is 19.7 Å². The van der Waals surface area contributed by atoms with Crippen LogP contribution in [0.1, 0.15) is 42.2 Å². The van der Waals surface area contributed by atoms with Crippen LogP contribution in [-0.4, -0.2) is 49.6 Å². The lowest BCUT2D eigenvalue weighted by molar-refractivity contribution is -0.161. The van der Waals surface area contributed by atoms with Crippen molar-refractivity contribution in [2.75, 3.05) is 20.6 Å². The Hall–Kier alpha value is -3.38. The lowest BCUT2D eigenvalue weighted by Crippen LogP contribution is -2.49. The third-order valence-electron chi connectivity index (χ3n) is 5.18. The van der Waals surface area contributed by atoms with E-state index >= 15 is 0 Å². The standard InChI is InChI=1S/C25H29F3N4O2/c1-16(2)15-21(23(33)30-14-13-29)31-22(25(26,27)28)19-9-5-17(6-10-19)18-7-11-20(12-8-18)24(34)32(3)4/h5-12,16,21-22,31H,14-15H2,1-4H3,(H,30,33)/t21-,22?/m0/s1. The lowest BCUT2D eigenvalue weighted by atomic mass is 9.97. The van der Waals surface area contributed by atoms with Gasteiger partial charge in [0.25, 0.3) is 5.91 Å². The molecule has 0 aliphatic carbocycles. The second-order valence-corrected chi connectivity index (χ2v) is 8.60. The first-order chi connectivity index (χ1) is 15.9. The zero-order valence-electron chi connectivity index (χ0n) is 19.6. The van der Waals surface area contributed by atoms with Crippen molar-refractivity contribution in [3.63, 3.8) is 0 Å². The number of carbonyl (C=O) groups excluding carboxylic acids is 2. The average Bonchev–Trinajstić information content (AvgIpc) is 2.78. The number of hydrogen-bond donors (Lipinski definition) is 2. The number of nitrogens with one attached hydrogen (secondary N) is 2. The molecule has 0 heterocycles. The van der Waals surface area contributed by atoms with Gasteiger partial charge in [0.2, 0.25) is 5.91 Å². The number of rotatable bonds is 9. The number of nitrogens with zero attached hydrogens (tertiary/aromatic N) is 2. The summed E-state index contributed by atoms with van der Waals surface area (Å²) >= 11 is 0. The summed E-state index contributed by atoms with van der Waals surface area (Å²) in [6, 6.07) is 11.3. The van der Waals surface area contributed by atoms with Gasteiger partial charge in [0.05, 0.1) is 12.1 Å². The Labute approximate surface area is 197 Å². The van der Waals surface area contributed by atoms with Gasteiger partial charge < -0.3 is 10.2 Å². The van der Waals surface area contributed by atoms with Gasteiger partial charge >= 0.3 is 6.18 Å². The molecular weight excluding hydrogens is 445 g/mol. The molecule has 2 atom stereocenters. The van der Waals surface area contributed by atoms with Crippen LogP contribution in [0.3, 0.4) is 0 Å². The molecule has 2 N–H and O–H groups in total. The third-order valence-corrected chi connectivity index (χ3v) is 5.18. The summed E-state index contributed by atoms with van der Waals surface area (Å²) in [5, 5.41) is 13.5. The van der Waals surface area contributed by atoms with Gasteiger partial charge in [-0.1, -0.05) is 50.2 Å². The second kappa shape index (κ2) is 11.7. The highest BCUT2D eigenvalue weighted by Gasteiger charge is 2.42. The molecule has 0 saturated carbocycles. The van der Waals surface area contributed by atoms with Crippen LogP contribution in [0, 0.1) is 17.2 Å². The third kappa shape index (κ3) is 7.32. The molecule has 182 valence electrons. The lowest BCUT2D eigenvalue weighted by Gasteiger charge is -2.28. The first-order valence-corrected chi connectivity index (χ1v) is 10.8. The second-order valence-electron chi connectivity index (χ2n) is 8.60. The highest BCUT2D eigenvalue weighted by atomic mass is 19.4. The van der Waals surface area contributed by atoms with Gasteiger partial charge in [0.15, 0.2) is 0 Å². The van der Waals surface area contributed by atoms with Crippen molar-refractivity contribution in [3.05, 3.63) is 59.7 Å². The average molecular weight is 475 g/mol. The zero-order chi connectivity index (χ0) is 25.5. The molecule has 0 radical (unpaired) electrons. The van der Waals surface area contributed by atoms with E-state index in [2.05, 4.69) is 10.6 Å². The van der Waals surface area contributed by atoms with E-state index in [1.54, 1.807) is 70.4 Å². The maximum Gasteiger partial charge on any atom is 0.407 e. The fraction of sp³-hybridized carbons (Fsp3) is 0.400. The van der Waals surface area contributed by atoms with Crippen LogP contribution in [0.25, 0.3) is 11.1 Å². The Kier molecular flexibility index (Phi) is 9.21. The summed E-state index contributed by atoms with van der Waals surface area (Å²) in [6.07, 6.45) is -4.46. The van der Waals surface area contributed by atoms with Crippen molar-refractivity contribution in [1.29, 1.82) is 5.26 Å². The molecule has 2 rings (SSSR count). The Morgan fingerprint density at radius 3 is 1.97 bits per heavy atom. The quantitative estimate of drug-likeness (QED) is 0.531. The number of alkyl halides is 3. The maximum atomic E-state index is 13.9. The van der Waals surface area contributed by atoms with Gasteiger partial charge in [-0.25, -0.2) is 0 Å². The van der Waals surface area contributed by atoms with Crippen LogP contribution in [0.2, 0.25) is 0 Å². The highest BCUT2D eigenvalue weighted by Crippen LogP contribution is 2.34. The molecule has 1 unspecified atom stereocenters. The normalized spacial score (nSPS) is 13.1. The molecule has 0 aromatic heterocycles. The fourth-order valence-electron chi connectivity index (χ4n) is 3.48. The Morgan fingerprint density at radius 2 is 1.53 bits per heavy atom. The van der Waals surface area contributed by atoms with Gasteiger partial charge in [-0.15, -0.1) is 0 Å². The predicted molar refractivity (Wildman–Crippen MR) is 124 cm³/mol. The highest BCUT2D eigenvalue weighted by molar-refractivity contribution is 5.94. The fourth-order valence-corrected chi connectivity index (χ4v) is 3.48. The van der Waals surface area contributed by atoms with E-state index in [9.17, 15) is 22.8 Å². The molecule has 0 aliphatic heterocycles. The topological polar surface area (TPSA) is 85.2 Å². The summed E-state index contributed by atoms with van der Waals surface area (Å²) in [5.74, 6) is -0.826. The van der Waals surface area contributed by atoms with E-state index in [0.717, 1.165) is 5.56 Å². The number of benzene rings is 2. The molecule has 2 aromatic carbocycles. The molecule has 9 heteroatoms. The number of nitriles is 1. The van der Waals surface area contributed by atoms with Crippen molar-refractivity contribution in [3.8, 4) is 17.2 Å². The van der Waals surface area contributed by atoms with Crippen LogP contribution in [0.15, 0.2) is 48.5 Å². The molecule has 34 heavy (non-hydrogen) atoms. The summed E-state index contributed by atoms with van der Waals surface area (Å²) in [4.78, 5) is 25.9. The van der Waals surface area contributed by atoms with Gasteiger partial charge in [0.1, 0.15) is 12.6 Å². The Morgan fingerprint density at radius 1 is 1.00 bits per heavy atom. The van der Waals surface area contributed by atoms with Crippen LogP contribution < -0.4 is 10.6 Å². The summed E-state index contributed by atoms with van der Waals surface area (Å²) in [6.45, 7) is 3.33. The Balaban J connectivity index is 2.28. The predicted octanol–water partition coefficient (Wildman–Crippen LogP) is 4.30. The largest absolute Gasteiger partial charge is 0.407 e. The van der Waals surface area contributed by atoms with Gasteiger partial charge in [-0.2, -0.15) is 18.4 Å². The van der Waals surface area contributed by atoms with Crippen molar-refractivity contribution in [2.45, 2.75) is 38.5 Å². The number of halogens is 3. The Bertz CT molecular complexity index is 1010. The van der Waals surface area contributed by atoms with E-state index in [0.29, 0.717) is 11.1 Å². The molecule has 0 bridgehead atoms. The first kappa shape index (κ1) is 26.9. The minimum absolute atomic E-state index is 0.0301.